The summed E-state index contributed by atoms with van der Waals surface area (Å²) >= 11 is 0. The van der Waals surface area contributed by atoms with Crippen molar-refractivity contribution >= 4 is 5.84 Å². The van der Waals surface area contributed by atoms with Crippen LogP contribution in [0.15, 0.2) is 24.3 Å². The minimum Gasteiger partial charge on any atom is -0.387 e. The standard InChI is InChI=1S/C17H21FN2/c18-14-3-1-13(2-4-14)17-8-10-5-11(9-17)7-12(6-10)15(17)16(19)20/h1-4,10-12,15H,5-9H2,(H3,19,20). The summed E-state index contributed by atoms with van der Waals surface area (Å²) in [6.45, 7) is 0. The highest BCUT2D eigenvalue weighted by atomic mass is 19.1. The Morgan fingerprint density at radius 1 is 1.10 bits per heavy atom. The maximum absolute atomic E-state index is 13.2. The molecule has 0 aromatic heterocycles. The zero-order valence-electron chi connectivity index (χ0n) is 11.6. The van der Waals surface area contributed by atoms with E-state index in [4.69, 9.17) is 11.1 Å². The van der Waals surface area contributed by atoms with Crippen molar-refractivity contribution in [3.8, 4) is 0 Å². The van der Waals surface area contributed by atoms with Gasteiger partial charge < -0.3 is 5.73 Å². The minimum absolute atomic E-state index is 0.00822. The minimum atomic E-state index is -0.183. The number of hydrogen-bond donors (Lipinski definition) is 2. The number of halogens is 1. The molecule has 4 aliphatic rings. The van der Waals surface area contributed by atoms with E-state index in [1.54, 1.807) is 12.1 Å². The number of rotatable bonds is 2. The molecule has 5 rings (SSSR count). The average molecular weight is 272 g/mol. The predicted octanol–water partition coefficient (Wildman–Crippen LogP) is 3.46. The van der Waals surface area contributed by atoms with E-state index in [2.05, 4.69) is 0 Å². The molecule has 2 nitrogen and oxygen atoms in total. The molecule has 3 N–H and O–H groups in total. The molecular weight excluding hydrogens is 251 g/mol. The Hall–Kier alpha value is -1.38. The van der Waals surface area contributed by atoms with Gasteiger partial charge in [-0.15, -0.1) is 0 Å². The van der Waals surface area contributed by atoms with Crippen LogP contribution in [-0.4, -0.2) is 5.84 Å². The van der Waals surface area contributed by atoms with Crippen LogP contribution in [0.5, 0.6) is 0 Å². The molecule has 0 saturated heterocycles. The van der Waals surface area contributed by atoms with Crippen LogP contribution in [0.2, 0.25) is 0 Å². The molecule has 1 aromatic rings. The lowest BCUT2D eigenvalue weighted by molar-refractivity contribution is -0.0344. The monoisotopic (exact) mass is 272 g/mol. The third-order valence-electron chi connectivity index (χ3n) is 6.07. The lowest BCUT2D eigenvalue weighted by Gasteiger charge is -2.61. The molecule has 106 valence electrons. The summed E-state index contributed by atoms with van der Waals surface area (Å²) in [6, 6.07) is 6.98. The van der Waals surface area contributed by atoms with E-state index in [-0.39, 0.29) is 17.2 Å². The first kappa shape index (κ1) is 12.4. The van der Waals surface area contributed by atoms with Gasteiger partial charge in [-0.05, 0) is 67.6 Å². The molecule has 3 unspecified atom stereocenters. The third-order valence-corrected chi connectivity index (χ3v) is 6.07. The van der Waals surface area contributed by atoms with Gasteiger partial charge in [-0.3, -0.25) is 5.41 Å². The molecule has 4 fully saturated rings. The molecule has 4 aliphatic carbocycles. The number of benzene rings is 1. The van der Waals surface area contributed by atoms with Crippen molar-refractivity contribution in [1.29, 1.82) is 5.41 Å². The van der Waals surface area contributed by atoms with Gasteiger partial charge in [0, 0.05) is 11.3 Å². The third kappa shape index (κ3) is 1.58. The van der Waals surface area contributed by atoms with E-state index in [1.165, 1.54) is 24.8 Å². The van der Waals surface area contributed by atoms with E-state index in [0.717, 1.165) is 24.7 Å². The van der Waals surface area contributed by atoms with Gasteiger partial charge in [0.25, 0.3) is 0 Å². The SMILES string of the molecule is N=C(N)C1C2CC3CC(C2)CC1(c1ccc(F)cc1)C3. The molecule has 0 amide bonds. The second kappa shape index (κ2) is 4.06. The molecule has 4 saturated carbocycles. The van der Waals surface area contributed by atoms with Crippen LogP contribution in [-0.2, 0) is 5.41 Å². The fraction of sp³-hybridized carbons (Fsp3) is 0.588. The largest absolute Gasteiger partial charge is 0.387 e. The van der Waals surface area contributed by atoms with Crippen LogP contribution in [0.25, 0.3) is 0 Å². The molecule has 0 aliphatic heterocycles. The Bertz CT molecular complexity index is 537. The summed E-state index contributed by atoms with van der Waals surface area (Å²) in [5.74, 6) is 2.47. The van der Waals surface area contributed by atoms with Crippen LogP contribution in [0, 0.1) is 34.9 Å². The van der Waals surface area contributed by atoms with Crippen LogP contribution in [0.1, 0.15) is 37.7 Å². The first-order valence-electron chi connectivity index (χ1n) is 7.68. The van der Waals surface area contributed by atoms with E-state index in [0.29, 0.717) is 11.8 Å². The van der Waals surface area contributed by atoms with Gasteiger partial charge >= 0.3 is 0 Å². The highest BCUT2D eigenvalue weighted by molar-refractivity contribution is 5.82. The second-order valence-electron chi connectivity index (χ2n) is 7.20. The molecule has 20 heavy (non-hydrogen) atoms. The van der Waals surface area contributed by atoms with Crippen molar-refractivity contribution in [3.05, 3.63) is 35.6 Å². The smallest absolute Gasteiger partial charge is 0.123 e. The normalized spacial score (nSPS) is 41.9. The van der Waals surface area contributed by atoms with Gasteiger partial charge in [0.05, 0.1) is 5.84 Å². The maximum Gasteiger partial charge on any atom is 0.123 e. The van der Waals surface area contributed by atoms with Crippen molar-refractivity contribution in [2.45, 2.75) is 37.5 Å². The first-order chi connectivity index (χ1) is 9.58. The van der Waals surface area contributed by atoms with Crippen molar-refractivity contribution < 1.29 is 4.39 Å². The van der Waals surface area contributed by atoms with Crippen molar-refractivity contribution in [2.75, 3.05) is 0 Å². The summed E-state index contributed by atoms with van der Waals surface area (Å²) < 4.78 is 13.2. The Morgan fingerprint density at radius 3 is 2.25 bits per heavy atom. The average Bonchev–Trinajstić information content (AvgIpc) is 2.37. The topological polar surface area (TPSA) is 49.9 Å². The summed E-state index contributed by atoms with van der Waals surface area (Å²) in [5, 5.41) is 8.09. The van der Waals surface area contributed by atoms with Gasteiger partial charge in [0.1, 0.15) is 5.82 Å². The Morgan fingerprint density at radius 2 is 1.70 bits per heavy atom. The summed E-state index contributed by atoms with van der Waals surface area (Å²) in [7, 11) is 0. The van der Waals surface area contributed by atoms with Crippen LogP contribution < -0.4 is 5.73 Å². The predicted molar refractivity (Wildman–Crippen MR) is 77.0 cm³/mol. The van der Waals surface area contributed by atoms with Crippen molar-refractivity contribution in [2.24, 2.45) is 29.4 Å². The molecule has 3 atom stereocenters. The van der Waals surface area contributed by atoms with Crippen LogP contribution in [0.3, 0.4) is 0 Å². The summed E-state index contributed by atoms with van der Waals surface area (Å²) in [4.78, 5) is 0. The molecule has 4 bridgehead atoms. The van der Waals surface area contributed by atoms with E-state index in [9.17, 15) is 4.39 Å². The van der Waals surface area contributed by atoms with Gasteiger partial charge in [0.2, 0.25) is 0 Å². The zero-order chi connectivity index (χ0) is 13.9. The van der Waals surface area contributed by atoms with E-state index in [1.807, 2.05) is 12.1 Å². The fourth-order valence-corrected chi connectivity index (χ4v) is 5.79. The number of nitrogens with one attached hydrogen (secondary N) is 1. The highest BCUT2D eigenvalue weighted by Crippen LogP contribution is 2.63. The summed E-state index contributed by atoms with van der Waals surface area (Å²) in [6.07, 6.45) is 6.10. The zero-order valence-corrected chi connectivity index (χ0v) is 11.6. The van der Waals surface area contributed by atoms with Gasteiger partial charge in [0.15, 0.2) is 0 Å². The molecule has 0 radical (unpaired) electrons. The van der Waals surface area contributed by atoms with E-state index >= 15 is 0 Å². The number of amidine groups is 1. The van der Waals surface area contributed by atoms with Crippen molar-refractivity contribution in [1.82, 2.24) is 0 Å². The molecule has 1 aromatic carbocycles. The highest BCUT2D eigenvalue weighted by Gasteiger charge is 2.58. The quantitative estimate of drug-likeness (QED) is 0.628. The number of nitrogens with two attached hydrogens (primary N) is 1. The van der Waals surface area contributed by atoms with Gasteiger partial charge in [-0.1, -0.05) is 12.1 Å². The van der Waals surface area contributed by atoms with E-state index < -0.39 is 0 Å². The van der Waals surface area contributed by atoms with Gasteiger partial charge in [-0.2, -0.15) is 0 Å². The second-order valence-corrected chi connectivity index (χ2v) is 7.20. The fourth-order valence-electron chi connectivity index (χ4n) is 5.79. The Balaban J connectivity index is 1.83. The molecular formula is C17H21FN2. The molecule has 0 heterocycles. The Kier molecular flexibility index (Phi) is 2.51. The molecule has 3 heteroatoms. The number of hydrogen-bond acceptors (Lipinski definition) is 1. The van der Waals surface area contributed by atoms with Crippen LogP contribution in [0.4, 0.5) is 4.39 Å². The van der Waals surface area contributed by atoms with Gasteiger partial charge in [-0.25, -0.2) is 4.39 Å². The summed E-state index contributed by atoms with van der Waals surface area (Å²) in [5.41, 5.74) is 7.19. The Labute approximate surface area is 119 Å². The first-order valence-corrected chi connectivity index (χ1v) is 7.68. The lowest BCUT2D eigenvalue weighted by Crippen LogP contribution is -2.58. The van der Waals surface area contributed by atoms with Crippen LogP contribution >= 0.6 is 0 Å². The maximum atomic E-state index is 13.2. The molecule has 0 spiro atoms. The lowest BCUT2D eigenvalue weighted by atomic mass is 9.43. The van der Waals surface area contributed by atoms with Crippen molar-refractivity contribution in [3.63, 3.8) is 0 Å².